The molecular weight excluding hydrogens is 388 g/mol. The fraction of sp³-hybridized carbons (Fsp3) is 0.409. The third-order valence-corrected chi connectivity index (χ3v) is 6.86. The molecule has 1 saturated heterocycles. The van der Waals surface area contributed by atoms with E-state index in [2.05, 4.69) is 12.2 Å². The molecule has 7 heteroatoms. The number of hydrogen-bond donors (Lipinski definition) is 1. The topological polar surface area (TPSA) is 75.7 Å². The number of ether oxygens (including phenoxy) is 1. The third kappa shape index (κ3) is 5.88. The average molecular weight is 417 g/mol. The van der Waals surface area contributed by atoms with E-state index in [1.54, 1.807) is 24.3 Å². The normalized spacial score (nSPS) is 15.2. The van der Waals surface area contributed by atoms with Gasteiger partial charge in [-0.1, -0.05) is 37.6 Å². The zero-order valence-electron chi connectivity index (χ0n) is 16.8. The van der Waals surface area contributed by atoms with Crippen molar-refractivity contribution in [3.05, 3.63) is 59.7 Å². The molecule has 0 radical (unpaired) electrons. The number of anilines is 1. The van der Waals surface area contributed by atoms with Gasteiger partial charge in [-0.05, 0) is 48.2 Å². The summed E-state index contributed by atoms with van der Waals surface area (Å²) in [5.41, 5.74) is 2.98. The molecule has 2 aromatic rings. The smallest absolute Gasteiger partial charge is 0.243 e. The standard InChI is InChI=1S/C22H28N2O4S/c1-2-3-18-4-9-20(10-5-18)23-22(25)13-8-19-6-11-21(12-7-19)29(26,27)24-14-16-28-17-15-24/h4-7,9-12H,2-3,8,13-17H2,1H3,(H,23,25). The monoisotopic (exact) mass is 416 g/mol. The number of aryl methyl sites for hydroxylation is 2. The van der Waals surface area contributed by atoms with Crippen molar-refractivity contribution < 1.29 is 17.9 Å². The summed E-state index contributed by atoms with van der Waals surface area (Å²) in [6.45, 7) is 3.75. The van der Waals surface area contributed by atoms with E-state index in [-0.39, 0.29) is 10.8 Å². The summed E-state index contributed by atoms with van der Waals surface area (Å²) >= 11 is 0. The Morgan fingerprint density at radius 3 is 2.17 bits per heavy atom. The lowest BCUT2D eigenvalue weighted by Crippen LogP contribution is -2.40. The largest absolute Gasteiger partial charge is 0.379 e. The first-order valence-corrected chi connectivity index (χ1v) is 11.5. The summed E-state index contributed by atoms with van der Waals surface area (Å²) in [7, 11) is -3.48. The molecule has 0 spiro atoms. The minimum atomic E-state index is -3.48. The van der Waals surface area contributed by atoms with Gasteiger partial charge in [0.25, 0.3) is 0 Å². The van der Waals surface area contributed by atoms with Crippen LogP contribution < -0.4 is 5.32 Å². The van der Waals surface area contributed by atoms with Crippen LogP contribution in [0.1, 0.15) is 30.9 Å². The van der Waals surface area contributed by atoms with Crippen LogP contribution in [-0.4, -0.2) is 44.9 Å². The van der Waals surface area contributed by atoms with E-state index in [1.165, 1.54) is 9.87 Å². The second-order valence-electron chi connectivity index (χ2n) is 7.16. The predicted molar refractivity (Wildman–Crippen MR) is 113 cm³/mol. The number of carbonyl (C=O) groups is 1. The molecule has 0 atom stereocenters. The maximum Gasteiger partial charge on any atom is 0.243 e. The van der Waals surface area contributed by atoms with Gasteiger partial charge in [0.2, 0.25) is 15.9 Å². The number of rotatable bonds is 8. The Morgan fingerprint density at radius 1 is 0.966 bits per heavy atom. The first-order chi connectivity index (χ1) is 14.0. The molecule has 29 heavy (non-hydrogen) atoms. The van der Waals surface area contributed by atoms with Crippen molar-refractivity contribution in [2.24, 2.45) is 0 Å². The van der Waals surface area contributed by atoms with Crippen LogP contribution in [-0.2, 0) is 32.4 Å². The third-order valence-electron chi connectivity index (χ3n) is 4.95. The van der Waals surface area contributed by atoms with Crippen molar-refractivity contribution in [2.75, 3.05) is 31.6 Å². The first kappa shape index (κ1) is 21.5. The van der Waals surface area contributed by atoms with E-state index in [0.29, 0.717) is 39.1 Å². The Bertz CT molecular complexity index is 903. The molecule has 1 heterocycles. The van der Waals surface area contributed by atoms with Crippen LogP contribution >= 0.6 is 0 Å². The van der Waals surface area contributed by atoms with Crippen molar-refractivity contribution in [3.63, 3.8) is 0 Å². The lowest BCUT2D eigenvalue weighted by molar-refractivity contribution is -0.116. The SMILES string of the molecule is CCCc1ccc(NC(=O)CCc2ccc(S(=O)(=O)N3CCOCC3)cc2)cc1. The van der Waals surface area contributed by atoms with E-state index in [9.17, 15) is 13.2 Å². The molecule has 0 aromatic heterocycles. The van der Waals surface area contributed by atoms with Gasteiger partial charge in [0, 0.05) is 25.2 Å². The first-order valence-electron chi connectivity index (χ1n) is 10.0. The van der Waals surface area contributed by atoms with E-state index in [0.717, 1.165) is 24.1 Å². The van der Waals surface area contributed by atoms with Gasteiger partial charge in [0.1, 0.15) is 0 Å². The van der Waals surface area contributed by atoms with Gasteiger partial charge >= 0.3 is 0 Å². The lowest BCUT2D eigenvalue weighted by Gasteiger charge is -2.26. The summed E-state index contributed by atoms with van der Waals surface area (Å²) in [5, 5.41) is 2.91. The number of amides is 1. The maximum atomic E-state index is 12.6. The highest BCUT2D eigenvalue weighted by Gasteiger charge is 2.26. The fourth-order valence-electron chi connectivity index (χ4n) is 3.29. The van der Waals surface area contributed by atoms with Crippen molar-refractivity contribution in [2.45, 2.75) is 37.5 Å². The molecular formula is C22H28N2O4S. The molecule has 2 aromatic carbocycles. The summed E-state index contributed by atoms with van der Waals surface area (Å²) in [4.78, 5) is 12.5. The number of nitrogens with one attached hydrogen (secondary N) is 1. The van der Waals surface area contributed by atoms with E-state index in [4.69, 9.17) is 4.74 Å². The Labute approximate surface area is 172 Å². The summed E-state index contributed by atoms with van der Waals surface area (Å²) in [5.74, 6) is -0.0572. The zero-order valence-corrected chi connectivity index (χ0v) is 17.6. The van der Waals surface area contributed by atoms with Crippen LogP contribution in [0.15, 0.2) is 53.4 Å². The number of nitrogens with zero attached hydrogens (tertiary/aromatic N) is 1. The van der Waals surface area contributed by atoms with Gasteiger partial charge in [0.15, 0.2) is 0 Å². The highest BCUT2D eigenvalue weighted by molar-refractivity contribution is 7.89. The lowest BCUT2D eigenvalue weighted by atomic mass is 10.1. The van der Waals surface area contributed by atoms with Crippen molar-refractivity contribution in [1.82, 2.24) is 4.31 Å². The second kappa shape index (κ2) is 10.0. The van der Waals surface area contributed by atoms with Crippen LogP contribution in [0.4, 0.5) is 5.69 Å². The molecule has 0 saturated carbocycles. The van der Waals surface area contributed by atoms with Crippen molar-refractivity contribution >= 4 is 21.6 Å². The molecule has 0 bridgehead atoms. The predicted octanol–water partition coefficient (Wildman–Crippen LogP) is 3.23. The maximum absolute atomic E-state index is 12.6. The Balaban J connectivity index is 1.52. The molecule has 0 unspecified atom stereocenters. The molecule has 1 amide bonds. The van der Waals surface area contributed by atoms with E-state index >= 15 is 0 Å². The zero-order chi connectivity index (χ0) is 20.7. The molecule has 1 aliphatic heterocycles. The van der Waals surface area contributed by atoms with Crippen LogP contribution in [0.3, 0.4) is 0 Å². The minimum Gasteiger partial charge on any atom is -0.379 e. The van der Waals surface area contributed by atoms with Gasteiger partial charge in [-0.2, -0.15) is 4.31 Å². The van der Waals surface area contributed by atoms with Crippen LogP contribution in [0.2, 0.25) is 0 Å². The van der Waals surface area contributed by atoms with Crippen LogP contribution in [0, 0.1) is 0 Å². The molecule has 1 N–H and O–H groups in total. The highest BCUT2D eigenvalue weighted by Crippen LogP contribution is 2.18. The van der Waals surface area contributed by atoms with Gasteiger partial charge in [-0.3, -0.25) is 4.79 Å². The number of sulfonamides is 1. The number of hydrogen-bond acceptors (Lipinski definition) is 4. The second-order valence-corrected chi connectivity index (χ2v) is 9.09. The molecule has 6 nitrogen and oxygen atoms in total. The molecule has 3 rings (SSSR count). The number of benzene rings is 2. The average Bonchev–Trinajstić information content (AvgIpc) is 2.75. The van der Waals surface area contributed by atoms with Gasteiger partial charge in [-0.25, -0.2) is 8.42 Å². The number of carbonyl (C=O) groups excluding carboxylic acids is 1. The fourth-order valence-corrected chi connectivity index (χ4v) is 4.70. The molecule has 0 aliphatic carbocycles. The minimum absolute atomic E-state index is 0.0572. The van der Waals surface area contributed by atoms with Gasteiger partial charge in [0.05, 0.1) is 18.1 Å². The van der Waals surface area contributed by atoms with Gasteiger partial charge in [-0.15, -0.1) is 0 Å². The Kier molecular flexibility index (Phi) is 7.41. The summed E-state index contributed by atoms with van der Waals surface area (Å²) in [6.07, 6.45) is 3.02. The summed E-state index contributed by atoms with van der Waals surface area (Å²) < 4.78 is 31.9. The Morgan fingerprint density at radius 2 is 1.55 bits per heavy atom. The quantitative estimate of drug-likeness (QED) is 0.717. The van der Waals surface area contributed by atoms with Crippen LogP contribution in [0.5, 0.6) is 0 Å². The van der Waals surface area contributed by atoms with E-state index in [1.807, 2.05) is 24.3 Å². The van der Waals surface area contributed by atoms with Crippen molar-refractivity contribution in [3.8, 4) is 0 Å². The Hall–Kier alpha value is -2.22. The van der Waals surface area contributed by atoms with Crippen molar-refractivity contribution in [1.29, 1.82) is 0 Å². The summed E-state index contributed by atoms with van der Waals surface area (Å²) in [6, 6.07) is 14.7. The molecule has 156 valence electrons. The molecule has 1 fully saturated rings. The number of morpholine rings is 1. The molecule has 1 aliphatic rings. The van der Waals surface area contributed by atoms with Crippen LogP contribution in [0.25, 0.3) is 0 Å². The highest BCUT2D eigenvalue weighted by atomic mass is 32.2. The van der Waals surface area contributed by atoms with E-state index < -0.39 is 10.0 Å². The van der Waals surface area contributed by atoms with Gasteiger partial charge < -0.3 is 10.1 Å².